The lowest BCUT2D eigenvalue weighted by Crippen LogP contribution is -2.17. The fraction of sp³-hybridized carbons (Fsp3) is 0.267. The van der Waals surface area contributed by atoms with Crippen LogP contribution in [0.1, 0.15) is 43.4 Å². The zero-order valence-corrected chi connectivity index (χ0v) is 22.9. The van der Waals surface area contributed by atoms with Gasteiger partial charge in [0.1, 0.15) is 11.6 Å². The first-order valence-electron chi connectivity index (χ1n) is 13.2. The number of methoxy groups -OCH3 is 1. The molecule has 0 aliphatic heterocycles. The molecule has 1 saturated carbocycles. The molecule has 0 bridgehead atoms. The van der Waals surface area contributed by atoms with Crippen LogP contribution in [0, 0.1) is 11.6 Å². The van der Waals surface area contributed by atoms with E-state index in [-0.39, 0.29) is 28.3 Å². The molecule has 206 valence electrons. The minimum atomic E-state index is -3.78. The third kappa shape index (κ3) is 4.77. The van der Waals surface area contributed by atoms with Crippen LogP contribution in [0.2, 0.25) is 0 Å². The molecule has 1 aliphatic rings. The third-order valence-electron chi connectivity index (χ3n) is 7.16. The van der Waals surface area contributed by atoms with E-state index in [2.05, 4.69) is 4.72 Å². The molecule has 5 aromatic rings. The van der Waals surface area contributed by atoms with Crippen molar-refractivity contribution in [1.29, 1.82) is 0 Å². The Kier molecular flexibility index (Phi) is 6.66. The van der Waals surface area contributed by atoms with Crippen molar-refractivity contribution < 1.29 is 21.9 Å². The highest BCUT2D eigenvalue weighted by molar-refractivity contribution is 7.92. The largest absolute Gasteiger partial charge is 0.496 e. The third-order valence-corrected chi connectivity index (χ3v) is 8.63. The van der Waals surface area contributed by atoms with E-state index in [1.807, 2.05) is 35.0 Å². The number of halogens is 2. The minimum Gasteiger partial charge on any atom is -0.496 e. The lowest BCUT2D eigenvalue weighted by Gasteiger charge is -2.15. The number of rotatable bonds is 9. The van der Waals surface area contributed by atoms with Gasteiger partial charge in [0.15, 0.2) is 11.5 Å². The molecular formula is C30H28F2N4O3S. The standard InChI is InChI=1S/C30H28F2N4O3S/c1-3-13-40(37,38)35-24-12-11-23(31)26(28(24)32)22-14-20-16-33-30-27(21(20)15-25(22)39-2)29(19-9-10-19)34-36(30)17-18-7-5-4-6-8-18/h4-8,11-12,14-16,19,35H,3,9-10,13,17H2,1-2H3. The van der Waals surface area contributed by atoms with Gasteiger partial charge in [-0.2, -0.15) is 5.10 Å². The summed E-state index contributed by atoms with van der Waals surface area (Å²) < 4.78 is 65.2. The van der Waals surface area contributed by atoms with E-state index in [0.717, 1.165) is 52.7 Å². The van der Waals surface area contributed by atoms with Crippen molar-refractivity contribution in [2.24, 2.45) is 0 Å². The molecule has 40 heavy (non-hydrogen) atoms. The molecule has 1 aliphatic carbocycles. The summed E-state index contributed by atoms with van der Waals surface area (Å²) in [6, 6.07) is 15.6. The van der Waals surface area contributed by atoms with Crippen LogP contribution < -0.4 is 9.46 Å². The number of sulfonamides is 1. The van der Waals surface area contributed by atoms with E-state index in [4.69, 9.17) is 14.8 Å². The van der Waals surface area contributed by atoms with Crippen LogP contribution >= 0.6 is 0 Å². The van der Waals surface area contributed by atoms with Crippen molar-refractivity contribution in [2.75, 3.05) is 17.6 Å². The van der Waals surface area contributed by atoms with Crippen LogP contribution in [0.15, 0.2) is 60.8 Å². The van der Waals surface area contributed by atoms with Gasteiger partial charge in [-0.3, -0.25) is 4.72 Å². The Bertz CT molecular complexity index is 1850. The maximum Gasteiger partial charge on any atom is 0.232 e. The number of fused-ring (bicyclic) bond motifs is 3. The molecule has 10 heteroatoms. The normalized spacial score (nSPS) is 13.7. The molecule has 0 unspecified atom stereocenters. The predicted octanol–water partition coefficient (Wildman–Crippen LogP) is 6.62. The summed E-state index contributed by atoms with van der Waals surface area (Å²) in [6.07, 6.45) is 4.11. The summed E-state index contributed by atoms with van der Waals surface area (Å²) in [4.78, 5) is 4.74. The maximum atomic E-state index is 15.7. The second kappa shape index (κ2) is 10.2. The summed E-state index contributed by atoms with van der Waals surface area (Å²) in [5.41, 5.74) is 2.26. The molecule has 0 amide bonds. The van der Waals surface area contributed by atoms with Gasteiger partial charge in [-0.05, 0) is 54.5 Å². The van der Waals surface area contributed by atoms with Crippen molar-refractivity contribution in [2.45, 2.75) is 38.6 Å². The smallest absolute Gasteiger partial charge is 0.232 e. The predicted molar refractivity (Wildman–Crippen MR) is 152 cm³/mol. The molecular weight excluding hydrogens is 534 g/mol. The molecule has 1 fully saturated rings. The number of hydrogen-bond donors (Lipinski definition) is 1. The quantitative estimate of drug-likeness (QED) is 0.218. The van der Waals surface area contributed by atoms with Gasteiger partial charge < -0.3 is 4.74 Å². The lowest BCUT2D eigenvalue weighted by molar-refractivity contribution is 0.416. The van der Waals surface area contributed by atoms with Crippen LogP contribution in [0.3, 0.4) is 0 Å². The van der Waals surface area contributed by atoms with Crippen LogP contribution in [0.5, 0.6) is 5.75 Å². The number of ether oxygens (including phenoxy) is 1. The Hall–Kier alpha value is -4.05. The van der Waals surface area contributed by atoms with Crippen LogP contribution in [-0.2, 0) is 16.6 Å². The van der Waals surface area contributed by atoms with Gasteiger partial charge >= 0.3 is 0 Å². The lowest BCUT2D eigenvalue weighted by atomic mass is 9.97. The van der Waals surface area contributed by atoms with Crippen molar-refractivity contribution in [3.05, 3.63) is 83.7 Å². The number of hydrogen-bond acceptors (Lipinski definition) is 5. The number of pyridine rings is 1. The van der Waals surface area contributed by atoms with Gasteiger partial charge in [0.2, 0.25) is 10.0 Å². The first kappa shape index (κ1) is 26.2. The van der Waals surface area contributed by atoms with Crippen molar-refractivity contribution in [3.63, 3.8) is 0 Å². The molecule has 2 aromatic heterocycles. The van der Waals surface area contributed by atoms with E-state index in [1.54, 1.807) is 25.3 Å². The highest BCUT2D eigenvalue weighted by atomic mass is 32.2. The number of anilines is 1. The molecule has 0 radical (unpaired) electrons. The summed E-state index contributed by atoms with van der Waals surface area (Å²) in [6.45, 7) is 2.27. The molecule has 3 aromatic carbocycles. The van der Waals surface area contributed by atoms with Gasteiger partial charge in [-0.25, -0.2) is 26.9 Å². The average Bonchev–Trinajstić information content (AvgIpc) is 3.72. The van der Waals surface area contributed by atoms with Gasteiger partial charge in [0.05, 0.1) is 41.7 Å². The fourth-order valence-corrected chi connectivity index (χ4v) is 6.28. The molecule has 0 spiro atoms. The molecule has 0 atom stereocenters. The first-order chi connectivity index (χ1) is 19.3. The Morgan fingerprint density at radius 2 is 1.88 bits per heavy atom. The van der Waals surface area contributed by atoms with Gasteiger partial charge in [0.25, 0.3) is 0 Å². The average molecular weight is 563 g/mol. The second-order valence-electron chi connectivity index (χ2n) is 10.1. The molecule has 7 nitrogen and oxygen atoms in total. The van der Waals surface area contributed by atoms with Crippen LogP contribution in [0.4, 0.5) is 14.5 Å². The summed E-state index contributed by atoms with van der Waals surface area (Å²) in [5, 5.41) is 7.35. The fourth-order valence-electron chi connectivity index (χ4n) is 5.15. The summed E-state index contributed by atoms with van der Waals surface area (Å²) in [5.74, 6) is -1.44. The highest BCUT2D eigenvalue weighted by Gasteiger charge is 2.31. The van der Waals surface area contributed by atoms with E-state index < -0.39 is 21.7 Å². The Labute approximate surface area is 230 Å². The molecule has 1 N–H and O–H groups in total. The van der Waals surface area contributed by atoms with E-state index in [0.29, 0.717) is 24.3 Å². The van der Waals surface area contributed by atoms with Crippen molar-refractivity contribution >= 4 is 37.5 Å². The second-order valence-corrected chi connectivity index (χ2v) is 11.9. The highest BCUT2D eigenvalue weighted by Crippen LogP contribution is 2.46. The van der Waals surface area contributed by atoms with Crippen molar-refractivity contribution in [3.8, 4) is 16.9 Å². The monoisotopic (exact) mass is 562 g/mol. The minimum absolute atomic E-state index is 0.160. The Morgan fingerprint density at radius 1 is 1.10 bits per heavy atom. The van der Waals surface area contributed by atoms with Gasteiger partial charge in [0, 0.05) is 23.1 Å². The maximum absolute atomic E-state index is 15.7. The van der Waals surface area contributed by atoms with E-state index in [9.17, 15) is 8.42 Å². The zero-order valence-electron chi connectivity index (χ0n) is 22.1. The molecule has 0 saturated heterocycles. The number of benzene rings is 3. The first-order valence-corrected chi connectivity index (χ1v) is 14.8. The Balaban J connectivity index is 1.52. The van der Waals surface area contributed by atoms with Crippen molar-refractivity contribution in [1.82, 2.24) is 14.8 Å². The van der Waals surface area contributed by atoms with Gasteiger partial charge in [-0.1, -0.05) is 37.3 Å². The Morgan fingerprint density at radius 3 is 2.58 bits per heavy atom. The number of nitrogens with zero attached hydrogens (tertiary/aromatic N) is 3. The molecule has 6 rings (SSSR count). The van der Waals surface area contributed by atoms with Gasteiger partial charge in [-0.15, -0.1) is 0 Å². The number of aromatic nitrogens is 3. The SMILES string of the molecule is CCCS(=O)(=O)Nc1ccc(F)c(-c2cc3cnc4c(c(C5CC5)nn4Cc4ccccc4)c3cc2OC)c1F. The summed E-state index contributed by atoms with van der Waals surface area (Å²) in [7, 11) is -2.35. The van der Waals surface area contributed by atoms with Crippen LogP contribution in [-0.4, -0.2) is 36.0 Å². The summed E-state index contributed by atoms with van der Waals surface area (Å²) >= 11 is 0. The van der Waals surface area contributed by atoms with Crippen LogP contribution in [0.25, 0.3) is 32.9 Å². The van der Waals surface area contributed by atoms with E-state index in [1.165, 1.54) is 7.11 Å². The van der Waals surface area contributed by atoms with E-state index >= 15 is 8.78 Å². The number of nitrogens with one attached hydrogen (secondary N) is 1. The zero-order chi connectivity index (χ0) is 28.0. The topological polar surface area (TPSA) is 86.1 Å². The molecule has 2 heterocycles.